The molecule has 66 valence electrons. The van der Waals surface area contributed by atoms with Gasteiger partial charge in [0.1, 0.15) is 0 Å². The molecule has 1 heterocycles. The molecule has 1 rings (SSSR count). The van der Waals surface area contributed by atoms with Crippen LogP contribution in [0, 0.1) is 6.92 Å². The first-order valence-electron chi connectivity index (χ1n) is 3.70. The minimum atomic E-state index is -0.171. The summed E-state index contributed by atoms with van der Waals surface area (Å²) in [5.74, 6) is -0.171. The third-order valence-electron chi connectivity index (χ3n) is 1.41. The molecule has 1 amide bonds. The molecule has 0 bridgehead atoms. The van der Waals surface area contributed by atoms with Crippen LogP contribution in [-0.4, -0.2) is 12.5 Å². The average molecular weight is 185 g/mol. The molecule has 0 saturated heterocycles. The van der Waals surface area contributed by atoms with E-state index in [1.807, 2.05) is 24.6 Å². The van der Waals surface area contributed by atoms with Gasteiger partial charge in [-0.05, 0) is 24.8 Å². The molecule has 1 N–H and O–H groups in total. The van der Waals surface area contributed by atoms with Crippen LogP contribution in [0.1, 0.15) is 22.8 Å². The number of hydroxylamine groups is 1. The number of rotatable bonds is 3. The highest BCUT2D eigenvalue weighted by Crippen LogP contribution is 2.12. The Hall–Kier alpha value is -0.870. The number of carbonyl (C=O) groups is 1. The summed E-state index contributed by atoms with van der Waals surface area (Å²) < 4.78 is 0. The lowest BCUT2D eigenvalue weighted by Gasteiger charge is -2.01. The molecule has 0 radical (unpaired) electrons. The van der Waals surface area contributed by atoms with Gasteiger partial charge in [-0.1, -0.05) is 0 Å². The van der Waals surface area contributed by atoms with Crippen LogP contribution in [-0.2, 0) is 4.84 Å². The average Bonchev–Trinajstić information content (AvgIpc) is 2.47. The van der Waals surface area contributed by atoms with E-state index in [1.165, 1.54) is 11.3 Å². The van der Waals surface area contributed by atoms with E-state index in [0.717, 1.165) is 5.56 Å². The fourth-order valence-corrected chi connectivity index (χ4v) is 1.61. The van der Waals surface area contributed by atoms with Gasteiger partial charge in [-0.15, -0.1) is 0 Å². The highest BCUT2D eigenvalue weighted by atomic mass is 32.1. The summed E-state index contributed by atoms with van der Waals surface area (Å²) >= 11 is 1.51. The van der Waals surface area contributed by atoms with E-state index in [4.69, 9.17) is 4.84 Å². The Morgan fingerprint density at radius 3 is 2.92 bits per heavy atom. The van der Waals surface area contributed by atoms with E-state index < -0.39 is 0 Å². The predicted octanol–water partition coefficient (Wildman–Crippen LogP) is 1.74. The second-order valence-electron chi connectivity index (χ2n) is 2.33. The van der Waals surface area contributed by atoms with Gasteiger partial charge in [-0.2, -0.15) is 11.3 Å². The van der Waals surface area contributed by atoms with Crippen LogP contribution in [0.25, 0.3) is 0 Å². The SMILES string of the molecule is CCONC(=O)c1cscc1C. The Balaban J connectivity index is 2.59. The van der Waals surface area contributed by atoms with Crippen molar-refractivity contribution in [1.29, 1.82) is 0 Å². The Morgan fingerprint density at radius 1 is 1.67 bits per heavy atom. The van der Waals surface area contributed by atoms with Gasteiger partial charge in [0.15, 0.2) is 0 Å². The molecule has 0 atom stereocenters. The molecule has 4 heteroatoms. The first kappa shape index (κ1) is 9.22. The van der Waals surface area contributed by atoms with Crippen molar-refractivity contribution in [2.24, 2.45) is 0 Å². The Labute approximate surface area is 75.3 Å². The number of nitrogens with one attached hydrogen (secondary N) is 1. The fraction of sp³-hybridized carbons (Fsp3) is 0.375. The zero-order valence-electron chi connectivity index (χ0n) is 7.09. The van der Waals surface area contributed by atoms with E-state index in [-0.39, 0.29) is 5.91 Å². The number of amides is 1. The standard InChI is InChI=1S/C8H11NO2S/c1-3-11-9-8(10)7-5-12-4-6(7)2/h4-5H,3H2,1-2H3,(H,9,10). The molecule has 0 aliphatic carbocycles. The van der Waals surface area contributed by atoms with Gasteiger partial charge >= 0.3 is 0 Å². The quantitative estimate of drug-likeness (QED) is 0.728. The van der Waals surface area contributed by atoms with Gasteiger partial charge in [-0.25, -0.2) is 5.48 Å². The van der Waals surface area contributed by atoms with Crippen LogP contribution in [0.4, 0.5) is 0 Å². The molecule has 0 aliphatic heterocycles. The normalized spacial score (nSPS) is 9.83. The van der Waals surface area contributed by atoms with Crippen molar-refractivity contribution in [2.45, 2.75) is 13.8 Å². The van der Waals surface area contributed by atoms with Crippen LogP contribution >= 0.6 is 11.3 Å². The monoisotopic (exact) mass is 185 g/mol. The summed E-state index contributed by atoms with van der Waals surface area (Å²) in [5, 5.41) is 3.74. The molecule has 0 spiro atoms. The van der Waals surface area contributed by atoms with Crippen molar-refractivity contribution < 1.29 is 9.63 Å². The number of hydrogen-bond acceptors (Lipinski definition) is 3. The first-order valence-corrected chi connectivity index (χ1v) is 4.65. The number of thiophene rings is 1. The summed E-state index contributed by atoms with van der Waals surface area (Å²) in [5.41, 5.74) is 4.02. The molecule has 3 nitrogen and oxygen atoms in total. The van der Waals surface area contributed by atoms with Gasteiger partial charge in [0.25, 0.3) is 5.91 Å². The molecule has 1 aromatic rings. The molecule has 0 fully saturated rings. The van der Waals surface area contributed by atoms with Gasteiger partial charge in [0.2, 0.25) is 0 Å². The fourth-order valence-electron chi connectivity index (χ4n) is 0.786. The van der Waals surface area contributed by atoms with Crippen molar-refractivity contribution in [3.8, 4) is 0 Å². The highest BCUT2D eigenvalue weighted by molar-refractivity contribution is 7.08. The predicted molar refractivity (Wildman–Crippen MR) is 48.1 cm³/mol. The second kappa shape index (κ2) is 4.23. The summed E-state index contributed by atoms with van der Waals surface area (Å²) in [7, 11) is 0. The minimum Gasteiger partial charge on any atom is -0.274 e. The molecule has 0 unspecified atom stereocenters. The smallest absolute Gasteiger partial charge is 0.274 e. The number of aryl methyl sites for hydroxylation is 1. The van der Waals surface area contributed by atoms with Gasteiger partial charge in [0.05, 0.1) is 12.2 Å². The molecule has 12 heavy (non-hydrogen) atoms. The summed E-state index contributed by atoms with van der Waals surface area (Å²) in [6, 6.07) is 0. The Bertz CT molecular complexity index is 270. The molecule has 1 aromatic heterocycles. The molecular formula is C8H11NO2S. The van der Waals surface area contributed by atoms with Gasteiger partial charge < -0.3 is 0 Å². The van der Waals surface area contributed by atoms with Crippen LogP contribution in [0.5, 0.6) is 0 Å². The lowest BCUT2D eigenvalue weighted by atomic mass is 10.2. The number of hydrogen-bond donors (Lipinski definition) is 1. The molecule has 0 saturated carbocycles. The maximum Gasteiger partial charge on any atom is 0.275 e. The van der Waals surface area contributed by atoms with E-state index in [0.29, 0.717) is 12.2 Å². The maximum absolute atomic E-state index is 11.3. The lowest BCUT2D eigenvalue weighted by molar-refractivity contribution is 0.0364. The highest BCUT2D eigenvalue weighted by Gasteiger charge is 2.08. The van der Waals surface area contributed by atoms with Crippen molar-refractivity contribution in [3.05, 3.63) is 21.9 Å². The second-order valence-corrected chi connectivity index (χ2v) is 3.08. The van der Waals surface area contributed by atoms with Crippen molar-refractivity contribution in [1.82, 2.24) is 5.48 Å². The summed E-state index contributed by atoms with van der Waals surface area (Å²) in [6.45, 7) is 4.20. The maximum atomic E-state index is 11.3. The van der Waals surface area contributed by atoms with E-state index in [9.17, 15) is 4.79 Å². The number of carbonyl (C=O) groups excluding carboxylic acids is 1. The van der Waals surface area contributed by atoms with E-state index in [2.05, 4.69) is 5.48 Å². The molecule has 0 aliphatic rings. The zero-order chi connectivity index (χ0) is 8.97. The summed E-state index contributed by atoms with van der Waals surface area (Å²) in [4.78, 5) is 16.0. The van der Waals surface area contributed by atoms with Crippen LogP contribution in [0.3, 0.4) is 0 Å². The van der Waals surface area contributed by atoms with Crippen molar-refractivity contribution in [2.75, 3.05) is 6.61 Å². The largest absolute Gasteiger partial charge is 0.275 e. The van der Waals surface area contributed by atoms with Crippen molar-refractivity contribution >= 4 is 17.2 Å². The third-order valence-corrected chi connectivity index (χ3v) is 2.27. The third kappa shape index (κ3) is 2.06. The topological polar surface area (TPSA) is 38.3 Å². The Kier molecular flexibility index (Phi) is 3.25. The lowest BCUT2D eigenvalue weighted by Crippen LogP contribution is -2.23. The first-order chi connectivity index (χ1) is 5.75. The van der Waals surface area contributed by atoms with Crippen LogP contribution in [0.2, 0.25) is 0 Å². The van der Waals surface area contributed by atoms with Crippen LogP contribution < -0.4 is 5.48 Å². The van der Waals surface area contributed by atoms with Gasteiger partial charge in [-0.3, -0.25) is 9.63 Å². The van der Waals surface area contributed by atoms with E-state index in [1.54, 1.807) is 0 Å². The van der Waals surface area contributed by atoms with Crippen molar-refractivity contribution in [3.63, 3.8) is 0 Å². The summed E-state index contributed by atoms with van der Waals surface area (Å²) in [6.07, 6.45) is 0. The minimum absolute atomic E-state index is 0.171. The molecular weight excluding hydrogens is 174 g/mol. The van der Waals surface area contributed by atoms with E-state index >= 15 is 0 Å². The Morgan fingerprint density at radius 2 is 2.42 bits per heavy atom. The molecule has 0 aromatic carbocycles. The van der Waals surface area contributed by atoms with Crippen LogP contribution in [0.15, 0.2) is 10.8 Å². The zero-order valence-corrected chi connectivity index (χ0v) is 7.90. The van der Waals surface area contributed by atoms with Gasteiger partial charge in [0, 0.05) is 5.38 Å².